The molecule has 0 spiro atoms. The molecule has 0 saturated heterocycles. The van der Waals surface area contributed by atoms with Crippen LogP contribution in [0.5, 0.6) is 5.75 Å². The first-order valence-electron chi connectivity index (χ1n) is 8.05. The highest BCUT2D eigenvalue weighted by Crippen LogP contribution is 2.30. The number of nitrogens with one attached hydrogen (secondary N) is 1. The van der Waals surface area contributed by atoms with Crippen LogP contribution in [0.25, 0.3) is 0 Å². The van der Waals surface area contributed by atoms with Crippen molar-refractivity contribution in [2.75, 3.05) is 5.32 Å². The maximum Gasteiger partial charge on any atom is 0.290 e. The molecule has 0 aliphatic carbocycles. The molecule has 0 saturated carbocycles. The van der Waals surface area contributed by atoms with Crippen molar-refractivity contribution in [3.05, 3.63) is 77.2 Å². The van der Waals surface area contributed by atoms with Crippen LogP contribution in [0.2, 0.25) is 5.02 Å². The summed E-state index contributed by atoms with van der Waals surface area (Å²) in [6.07, 6.45) is 4.71. The van der Waals surface area contributed by atoms with E-state index in [1.807, 2.05) is 6.07 Å². The minimum atomic E-state index is -2.67. The van der Waals surface area contributed by atoms with Crippen LogP contribution in [-0.2, 0) is 6.61 Å². The van der Waals surface area contributed by atoms with Gasteiger partial charge < -0.3 is 10.1 Å². The van der Waals surface area contributed by atoms with Crippen molar-refractivity contribution < 1.29 is 18.3 Å². The second kappa shape index (κ2) is 9.48. The van der Waals surface area contributed by atoms with Gasteiger partial charge in [0.15, 0.2) is 0 Å². The highest BCUT2D eigenvalue weighted by atomic mass is 35.5. The Labute approximate surface area is 169 Å². The lowest BCUT2D eigenvalue weighted by Crippen LogP contribution is -2.14. The summed E-state index contributed by atoms with van der Waals surface area (Å²) in [6, 6.07) is 11.4. The van der Waals surface area contributed by atoms with E-state index in [-0.39, 0.29) is 22.4 Å². The molecule has 0 radical (unpaired) electrons. The smallest absolute Gasteiger partial charge is 0.290 e. The molecule has 5 nitrogen and oxygen atoms in total. The minimum absolute atomic E-state index is 0.0440. The van der Waals surface area contributed by atoms with Gasteiger partial charge in [-0.05, 0) is 48.2 Å². The number of ether oxygens (including phenoxy) is 1. The number of hydrogen-bond acceptors (Lipinski definition) is 5. The molecule has 9 heteroatoms. The van der Waals surface area contributed by atoms with E-state index in [0.29, 0.717) is 23.1 Å². The van der Waals surface area contributed by atoms with Gasteiger partial charge >= 0.3 is 0 Å². The molecule has 0 aliphatic heterocycles. The molecule has 0 fully saturated rings. The van der Waals surface area contributed by atoms with Crippen LogP contribution in [0.1, 0.15) is 15.9 Å². The van der Waals surface area contributed by atoms with Gasteiger partial charge in [0.25, 0.3) is 11.7 Å². The highest BCUT2D eigenvalue weighted by Gasteiger charge is 2.17. The average Bonchev–Trinajstić information content (AvgIpc) is 2.68. The molecule has 0 aliphatic rings. The molecular formula is C19H14ClF2N3O2S. The van der Waals surface area contributed by atoms with Gasteiger partial charge in [-0.3, -0.25) is 9.78 Å². The fourth-order valence-corrected chi connectivity index (χ4v) is 3.09. The zero-order valence-electron chi connectivity index (χ0n) is 14.3. The van der Waals surface area contributed by atoms with E-state index in [2.05, 4.69) is 15.3 Å². The van der Waals surface area contributed by atoms with E-state index in [1.54, 1.807) is 30.6 Å². The number of alkyl halides is 2. The molecule has 144 valence electrons. The molecule has 0 unspecified atom stereocenters. The topological polar surface area (TPSA) is 64.1 Å². The van der Waals surface area contributed by atoms with Crippen LogP contribution in [0.15, 0.2) is 66.1 Å². The third-order valence-corrected chi connectivity index (χ3v) is 4.55. The molecule has 1 amide bonds. The van der Waals surface area contributed by atoms with Crippen molar-refractivity contribution in [3.63, 3.8) is 0 Å². The van der Waals surface area contributed by atoms with Gasteiger partial charge in [-0.1, -0.05) is 17.7 Å². The highest BCUT2D eigenvalue weighted by molar-refractivity contribution is 7.99. The van der Waals surface area contributed by atoms with Crippen LogP contribution in [0.4, 0.5) is 14.5 Å². The maximum atomic E-state index is 12.6. The van der Waals surface area contributed by atoms with E-state index in [9.17, 15) is 13.6 Å². The second-order valence-corrected chi connectivity index (χ2v) is 6.87. The second-order valence-electron chi connectivity index (χ2n) is 5.48. The van der Waals surface area contributed by atoms with Gasteiger partial charge in [0, 0.05) is 29.8 Å². The zero-order chi connectivity index (χ0) is 19.9. The number of pyridine rings is 2. The number of hydrogen-bond donors (Lipinski definition) is 1. The molecule has 3 rings (SSSR count). The van der Waals surface area contributed by atoms with Crippen LogP contribution >= 0.6 is 23.4 Å². The fraction of sp³-hybridized carbons (Fsp3) is 0.105. The molecule has 1 N–H and O–H groups in total. The normalized spacial score (nSPS) is 10.7. The first-order chi connectivity index (χ1) is 13.5. The first-order valence-corrected chi connectivity index (χ1v) is 9.31. The van der Waals surface area contributed by atoms with Crippen LogP contribution in [0.3, 0.4) is 0 Å². The SMILES string of the molecule is O=C(Nc1ccc(OCc2cccnc2)c(Cl)c1)c1cccnc1SC(F)F. The predicted molar refractivity (Wildman–Crippen MR) is 104 cm³/mol. The number of rotatable bonds is 7. The Morgan fingerprint density at radius 3 is 2.75 bits per heavy atom. The summed E-state index contributed by atoms with van der Waals surface area (Å²) in [4.78, 5) is 20.3. The maximum absolute atomic E-state index is 12.6. The molecule has 2 aromatic heterocycles. The van der Waals surface area contributed by atoms with E-state index in [1.165, 1.54) is 24.4 Å². The number of anilines is 1. The summed E-state index contributed by atoms with van der Waals surface area (Å²) in [5.41, 5.74) is 1.35. The first kappa shape index (κ1) is 20.0. The third kappa shape index (κ3) is 5.40. The van der Waals surface area contributed by atoms with E-state index in [0.717, 1.165) is 5.56 Å². The number of benzene rings is 1. The standard InChI is InChI=1S/C19H14ClF2N3O2S/c20-15-9-13(5-6-16(15)27-11-12-3-1-7-23-10-12)25-17(26)14-4-2-8-24-18(14)28-19(21)22/h1-10,19H,11H2,(H,25,26). The average molecular weight is 422 g/mol. The summed E-state index contributed by atoms with van der Waals surface area (Å²) in [5, 5.41) is 2.88. The number of carbonyl (C=O) groups excluding carboxylic acids is 1. The van der Waals surface area contributed by atoms with Crippen molar-refractivity contribution >= 4 is 35.0 Å². The number of aromatic nitrogens is 2. The van der Waals surface area contributed by atoms with E-state index in [4.69, 9.17) is 16.3 Å². The molecule has 0 bridgehead atoms. The lowest BCUT2D eigenvalue weighted by Gasteiger charge is -2.11. The summed E-state index contributed by atoms with van der Waals surface area (Å²) in [7, 11) is 0. The Morgan fingerprint density at radius 1 is 1.21 bits per heavy atom. The van der Waals surface area contributed by atoms with Gasteiger partial charge in [-0.25, -0.2) is 4.98 Å². The molecular weight excluding hydrogens is 408 g/mol. The van der Waals surface area contributed by atoms with Crippen LogP contribution in [-0.4, -0.2) is 21.6 Å². The number of carbonyl (C=O) groups is 1. The summed E-state index contributed by atoms with van der Waals surface area (Å²) < 4.78 is 30.9. The molecule has 3 aromatic rings. The lowest BCUT2D eigenvalue weighted by molar-refractivity contribution is 0.102. The quantitative estimate of drug-likeness (QED) is 0.526. The van der Waals surface area contributed by atoms with Crippen LogP contribution < -0.4 is 10.1 Å². The summed E-state index contributed by atoms with van der Waals surface area (Å²) in [5.74, 6) is -2.79. The molecule has 0 atom stereocenters. The monoisotopic (exact) mass is 421 g/mol. The minimum Gasteiger partial charge on any atom is -0.487 e. The van der Waals surface area contributed by atoms with Crippen molar-refractivity contribution in [1.29, 1.82) is 0 Å². The number of thioether (sulfide) groups is 1. The molecule has 1 aromatic carbocycles. The van der Waals surface area contributed by atoms with Gasteiger partial charge in [0.2, 0.25) is 0 Å². The van der Waals surface area contributed by atoms with Gasteiger partial charge in [0.1, 0.15) is 17.4 Å². The predicted octanol–water partition coefficient (Wildman–Crippen LogP) is 5.28. The zero-order valence-corrected chi connectivity index (χ0v) is 15.9. The summed E-state index contributed by atoms with van der Waals surface area (Å²) >= 11 is 6.44. The van der Waals surface area contributed by atoms with E-state index < -0.39 is 11.7 Å². The van der Waals surface area contributed by atoms with Crippen molar-refractivity contribution in [2.45, 2.75) is 17.4 Å². The van der Waals surface area contributed by atoms with Crippen molar-refractivity contribution in [2.24, 2.45) is 0 Å². The van der Waals surface area contributed by atoms with E-state index >= 15 is 0 Å². The Balaban J connectivity index is 1.68. The van der Waals surface area contributed by atoms with Gasteiger partial charge in [0.05, 0.1) is 10.6 Å². The number of halogens is 3. The van der Waals surface area contributed by atoms with Gasteiger partial charge in [-0.15, -0.1) is 0 Å². The Hall–Kier alpha value is -2.71. The van der Waals surface area contributed by atoms with Crippen molar-refractivity contribution in [1.82, 2.24) is 9.97 Å². The number of amides is 1. The molecule has 2 heterocycles. The summed E-state index contributed by atoms with van der Waals surface area (Å²) in [6.45, 7) is 0.295. The Morgan fingerprint density at radius 2 is 2.04 bits per heavy atom. The largest absolute Gasteiger partial charge is 0.487 e. The van der Waals surface area contributed by atoms with Gasteiger partial charge in [-0.2, -0.15) is 8.78 Å². The Kier molecular flexibility index (Phi) is 6.78. The third-order valence-electron chi connectivity index (χ3n) is 3.52. The van der Waals surface area contributed by atoms with Crippen molar-refractivity contribution in [3.8, 4) is 5.75 Å². The Bertz CT molecular complexity index is 961. The van der Waals surface area contributed by atoms with Crippen LogP contribution in [0, 0.1) is 0 Å². The fourth-order valence-electron chi connectivity index (χ4n) is 2.28. The number of nitrogens with zero attached hydrogens (tertiary/aromatic N) is 2. The lowest BCUT2D eigenvalue weighted by atomic mass is 10.2. The molecule has 28 heavy (non-hydrogen) atoms.